The average Bonchev–Trinajstić information content (AvgIpc) is 2.30. The molecule has 58 valence electrons. The van der Waals surface area contributed by atoms with E-state index >= 15 is 0 Å². The second-order valence-electron chi connectivity index (χ2n) is 2.31. The van der Waals surface area contributed by atoms with E-state index in [2.05, 4.69) is 18.4 Å². The normalized spacial score (nSPS) is 9.64. The van der Waals surface area contributed by atoms with Crippen molar-refractivity contribution in [2.75, 3.05) is 0 Å². The van der Waals surface area contributed by atoms with E-state index in [-0.39, 0.29) is 0 Å². The largest absolute Gasteiger partial charge is 0.240 e. The van der Waals surface area contributed by atoms with E-state index < -0.39 is 0 Å². The first-order valence-corrected chi connectivity index (χ1v) is 3.53. The van der Waals surface area contributed by atoms with E-state index in [9.17, 15) is 0 Å². The Morgan fingerprint density at radius 3 is 2.73 bits per heavy atom. The van der Waals surface area contributed by atoms with Gasteiger partial charge in [0.25, 0.3) is 0 Å². The third-order valence-corrected chi connectivity index (χ3v) is 1.56. The Hall–Kier alpha value is -1.02. The Bertz CT molecular complexity index is 299. The Morgan fingerprint density at radius 2 is 2.36 bits per heavy atom. The number of hydrogen-bond acceptors (Lipinski definition) is 1. The summed E-state index contributed by atoms with van der Waals surface area (Å²) in [6.07, 6.45) is 1.69. The molecule has 3 heteroatoms. The van der Waals surface area contributed by atoms with Crippen LogP contribution in [-0.4, -0.2) is 11.4 Å². The van der Waals surface area contributed by atoms with Crippen molar-refractivity contribution < 1.29 is 0 Å². The molecule has 0 unspecified atom stereocenters. The first-order valence-electron chi connectivity index (χ1n) is 3.16. The molecule has 0 amide bonds. The van der Waals surface area contributed by atoms with Gasteiger partial charge in [-0.2, -0.15) is 5.10 Å². The molecular formula is C8H9ClN2. The van der Waals surface area contributed by atoms with Gasteiger partial charge in [0.1, 0.15) is 0 Å². The quantitative estimate of drug-likeness (QED) is 0.605. The van der Waals surface area contributed by atoms with Gasteiger partial charge in [-0.1, -0.05) is 18.2 Å². The van der Waals surface area contributed by atoms with Gasteiger partial charge in [0.2, 0.25) is 0 Å². The summed E-state index contributed by atoms with van der Waals surface area (Å²) < 4.78 is 1.60. The van der Waals surface area contributed by atoms with Crippen molar-refractivity contribution in [3.63, 3.8) is 0 Å². The summed E-state index contributed by atoms with van der Waals surface area (Å²) in [7, 11) is 0. The summed E-state index contributed by atoms with van der Waals surface area (Å²) in [5.74, 6) is 0. The molecule has 0 aromatic carbocycles. The molecule has 0 N–H and O–H groups in total. The van der Waals surface area contributed by atoms with Crippen LogP contribution in [0.2, 0.25) is 5.02 Å². The third kappa shape index (κ3) is 1.52. The standard InChI is InChI=1S/C8H9ClN2/c1-6(2)8-4-7(9)5-11(8)10-3/h4-5H,1,3H2,2H3. The van der Waals surface area contributed by atoms with E-state index in [1.54, 1.807) is 16.9 Å². The lowest BCUT2D eigenvalue weighted by Crippen LogP contribution is -1.89. The Labute approximate surface area is 70.8 Å². The van der Waals surface area contributed by atoms with Crippen LogP contribution in [0, 0.1) is 0 Å². The van der Waals surface area contributed by atoms with Crippen LogP contribution < -0.4 is 0 Å². The van der Waals surface area contributed by atoms with Gasteiger partial charge in [-0.05, 0) is 18.6 Å². The molecule has 0 saturated heterocycles. The lowest BCUT2D eigenvalue weighted by Gasteiger charge is -1.98. The summed E-state index contributed by atoms with van der Waals surface area (Å²) in [5.41, 5.74) is 1.81. The number of aromatic nitrogens is 1. The maximum atomic E-state index is 5.74. The van der Waals surface area contributed by atoms with Crippen LogP contribution in [0.25, 0.3) is 5.57 Å². The van der Waals surface area contributed by atoms with Crippen molar-refractivity contribution in [1.29, 1.82) is 0 Å². The van der Waals surface area contributed by atoms with Crippen molar-refractivity contribution in [2.45, 2.75) is 6.92 Å². The molecule has 0 bridgehead atoms. The predicted molar refractivity (Wildman–Crippen MR) is 49.1 cm³/mol. The van der Waals surface area contributed by atoms with E-state index in [0.29, 0.717) is 5.02 Å². The Balaban J connectivity index is 3.22. The molecule has 1 heterocycles. The third-order valence-electron chi connectivity index (χ3n) is 1.36. The zero-order valence-corrected chi connectivity index (χ0v) is 7.10. The highest BCUT2D eigenvalue weighted by atomic mass is 35.5. The van der Waals surface area contributed by atoms with E-state index in [4.69, 9.17) is 11.6 Å². The number of allylic oxidation sites excluding steroid dienone is 1. The lowest BCUT2D eigenvalue weighted by atomic mass is 10.2. The highest BCUT2D eigenvalue weighted by Crippen LogP contribution is 2.19. The minimum absolute atomic E-state index is 0.649. The molecule has 11 heavy (non-hydrogen) atoms. The summed E-state index contributed by atoms with van der Waals surface area (Å²) in [6, 6.07) is 1.80. The summed E-state index contributed by atoms with van der Waals surface area (Å²) in [6.45, 7) is 9.08. The first-order chi connectivity index (χ1) is 5.15. The Morgan fingerprint density at radius 1 is 1.73 bits per heavy atom. The maximum absolute atomic E-state index is 5.74. The van der Waals surface area contributed by atoms with Crippen LogP contribution in [0.3, 0.4) is 0 Å². The van der Waals surface area contributed by atoms with Gasteiger partial charge >= 0.3 is 0 Å². The highest BCUT2D eigenvalue weighted by Gasteiger charge is 2.02. The molecule has 0 aliphatic carbocycles. The minimum atomic E-state index is 0.649. The summed E-state index contributed by atoms with van der Waals surface area (Å²) >= 11 is 5.74. The number of nitrogens with zero attached hydrogens (tertiary/aromatic N) is 2. The van der Waals surface area contributed by atoms with Crippen molar-refractivity contribution >= 4 is 23.9 Å². The molecule has 1 aromatic heterocycles. The lowest BCUT2D eigenvalue weighted by molar-refractivity contribution is 0.881. The van der Waals surface area contributed by atoms with Crippen LogP contribution in [0.15, 0.2) is 23.9 Å². The van der Waals surface area contributed by atoms with Crippen LogP contribution >= 0.6 is 11.6 Å². The van der Waals surface area contributed by atoms with Crippen LogP contribution in [0.5, 0.6) is 0 Å². The molecule has 1 rings (SSSR count). The SMILES string of the molecule is C=Nn1cc(Cl)cc1C(=C)C. The van der Waals surface area contributed by atoms with Crippen molar-refractivity contribution in [3.05, 3.63) is 29.6 Å². The maximum Gasteiger partial charge on any atom is 0.0684 e. The average molecular weight is 169 g/mol. The first kappa shape index (κ1) is 8.08. The van der Waals surface area contributed by atoms with Crippen LogP contribution in [0.4, 0.5) is 0 Å². The van der Waals surface area contributed by atoms with E-state index in [0.717, 1.165) is 11.3 Å². The fourth-order valence-corrected chi connectivity index (χ4v) is 1.05. The molecule has 0 spiro atoms. The van der Waals surface area contributed by atoms with Crippen molar-refractivity contribution in [2.24, 2.45) is 5.10 Å². The molecule has 0 saturated carbocycles. The molecular weight excluding hydrogens is 160 g/mol. The molecule has 0 radical (unpaired) electrons. The fourth-order valence-electron chi connectivity index (χ4n) is 0.856. The molecule has 1 aromatic rings. The van der Waals surface area contributed by atoms with Gasteiger partial charge in [0.05, 0.1) is 10.7 Å². The molecule has 0 fully saturated rings. The van der Waals surface area contributed by atoms with Crippen molar-refractivity contribution in [1.82, 2.24) is 4.68 Å². The zero-order valence-electron chi connectivity index (χ0n) is 6.34. The van der Waals surface area contributed by atoms with Gasteiger partial charge in [-0.3, -0.25) is 0 Å². The molecule has 0 aliphatic rings. The second kappa shape index (κ2) is 2.93. The minimum Gasteiger partial charge on any atom is -0.240 e. The smallest absolute Gasteiger partial charge is 0.0684 e. The van der Waals surface area contributed by atoms with Crippen LogP contribution in [0.1, 0.15) is 12.6 Å². The molecule has 2 nitrogen and oxygen atoms in total. The Kier molecular flexibility index (Phi) is 2.15. The summed E-state index contributed by atoms with van der Waals surface area (Å²) in [5, 5.41) is 4.38. The van der Waals surface area contributed by atoms with Gasteiger partial charge < -0.3 is 0 Å². The van der Waals surface area contributed by atoms with E-state index in [1.807, 2.05) is 6.92 Å². The van der Waals surface area contributed by atoms with Gasteiger partial charge in [0, 0.05) is 12.9 Å². The number of rotatable bonds is 2. The van der Waals surface area contributed by atoms with Gasteiger partial charge in [-0.15, -0.1) is 0 Å². The van der Waals surface area contributed by atoms with Crippen LogP contribution in [-0.2, 0) is 0 Å². The number of halogens is 1. The fraction of sp³-hybridized carbons (Fsp3) is 0.125. The van der Waals surface area contributed by atoms with Crippen molar-refractivity contribution in [3.8, 4) is 0 Å². The molecule has 0 atom stereocenters. The number of hydrogen-bond donors (Lipinski definition) is 0. The summed E-state index contributed by atoms with van der Waals surface area (Å²) in [4.78, 5) is 0. The highest BCUT2D eigenvalue weighted by molar-refractivity contribution is 6.30. The van der Waals surface area contributed by atoms with E-state index in [1.165, 1.54) is 0 Å². The molecule has 0 aliphatic heterocycles. The zero-order chi connectivity index (χ0) is 8.43. The topological polar surface area (TPSA) is 17.3 Å². The second-order valence-corrected chi connectivity index (χ2v) is 2.75. The van der Waals surface area contributed by atoms with Gasteiger partial charge in [-0.25, -0.2) is 4.68 Å². The predicted octanol–water partition coefficient (Wildman–Crippen LogP) is 2.64. The van der Waals surface area contributed by atoms with Gasteiger partial charge in [0.15, 0.2) is 0 Å². The monoisotopic (exact) mass is 168 g/mol.